The number of aromatic nitrogens is 2. The number of benzene rings is 1. The summed E-state index contributed by atoms with van der Waals surface area (Å²) in [6.07, 6.45) is 5.91. The van der Waals surface area contributed by atoms with Crippen LogP contribution in [-0.2, 0) is 0 Å². The van der Waals surface area contributed by atoms with Gasteiger partial charge in [-0.3, -0.25) is 4.79 Å². The Kier molecular flexibility index (Phi) is 5.03. The first kappa shape index (κ1) is 16.4. The smallest absolute Gasteiger partial charge is 0.274 e. The van der Waals surface area contributed by atoms with E-state index in [9.17, 15) is 9.18 Å². The van der Waals surface area contributed by atoms with Crippen molar-refractivity contribution in [3.8, 4) is 0 Å². The predicted octanol–water partition coefficient (Wildman–Crippen LogP) is 3.92. The number of halogens is 1. The first-order chi connectivity index (χ1) is 11.6. The molecule has 5 nitrogen and oxygen atoms in total. The molecule has 1 saturated carbocycles. The zero-order chi connectivity index (χ0) is 16.9. The van der Waals surface area contributed by atoms with Crippen molar-refractivity contribution in [1.29, 1.82) is 0 Å². The predicted molar refractivity (Wildman–Crippen MR) is 91.6 cm³/mol. The highest BCUT2D eigenvalue weighted by atomic mass is 19.1. The summed E-state index contributed by atoms with van der Waals surface area (Å²) in [6, 6.07) is 7.65. The second-order valence-corrected chi connectivity index (χ2v) is 6.16. The van der Waals surface area contributed by atoms with Crippen molar-refractivity contribution >= 4 is 17.5 Å². The number of rotatable bonds is 4. The lowest BCUT2D eigenvalue weighted by Gasteiger charge is -2.23. The fraction of sp³-hybridized carbons (Fsp3) is 0.389. The zero-order valence-electron chi connectivity index (χ0n) is 13.7. The van der Waals surface area contributed by atoms with Crippen LogP contribution in [0.3, 0.4) is 0 Å². The highest BCUT2D eigenvalue weighted by molar-refractivity contribution is 6.03. The van der Waals surface area contributed by atoms with Crippen LogP contribution in [-0.4, -0.2) is 21.9 Å². The van der Waals surface area contributed by atoms with Gasteiger partial charge in [0.2, 0.25) is 5.95 Å². The molecule has 0 radical (unpaired) electrons. The van der Waals surface area contributed by atoms with E-state index >= 15 is 0 Å². The summed E-state index contributed by atoms with van der Waals surface area (Å²) in [5, 5.41) is 6.06. The van der Waals surface area contributed by atoms with Crippen LogP contribution in [0.4, 0.5) is 16.0 Å². The minimum Gasteiger partial charge on any atom is -0.351 e. The highest BCUT2D eigenvalue weighted by Crippen LogP contribution is 2.20. The summed E-state index contributed by atoms with van der Waals surface area (Å²) >= 11 is 0. The molecule has 0 bridgehead atoms. The Balaban J connectivity index is 1.72. The maximum Gasteiger partial charge on any atom is 0.274 e. The van der Waals surface area contributed by atoms with Gasteiger partial charge in [0.15, 0.2) is 0 Å². The molecule has 1 aromatic carbocycles. The van der Waals surface area contributed by atoms with Crippen LogP contribution < -0.4 is 10.6 Å². The molecule has 1 fully saturated rings. The third-order valence-corrected chi connectivity index (χ3v) is 4.13. The van der Waals surface area contributed by atoms with Gasteiger partial charge in [-0.15, -0.1) is 0 Å². The normalized spacial score (nSPS) is 15.1. The highest BCUT2D eigenvalue weighted by Gasteiger charge is 2.16. The SMILES string of the molecule is Cc1cc(C(=O)Nc2ccc(F)cc2)nc(NC2CCCCC2)n1. The summed E-state index contributed by atoms with van der Waals surface area (Å²) in [5.41, 5.74) is 1.55. The Hall–Kier alpha value is -2.50. The lowest BCUT2D eigenvalue weighted by molar-refractivity contribution is 0.102. The van der Waals surface area contributed by atoms with Crippen LogP contribution in [0.25, 0.3) is 0 Å². The van der Waals surface area contributed by atoms with Crippen molar-refractivity contribution in [3.05, 3.63) is 47.5 Å². The minimum absolute atomic E-state index is 0.296. The molecule has 2 aromatic rings. The van der Waals surface area contributed by atoms with E-state index in [2.05, 4.69) is 20.6 Å². The number of anilines is 2. The maximum atomic E-state index is 12.9. The van der Waals surface area contributed by atoms with Gasteiger partial charge in [-0.05, 0) is 50.1 Å². The van der Waals surface area contributed by atoms with Crippen molar-refractivity contribution in [1.82, 2.24) is 9.97 Å². The topological polar surface area (TPSA) is 66.9 Å². The Morgan fingerprint density at radius 1 is 1.12 bits per heavy atom. The summed E-state index contributed by atoms with van der Waals surface area (Å²) < 4.78 is 12.9. The van der Waals surface area contributed by atoms with E-state index in [0.29, 0.717) is 23.4 Å². The molecular formula is C18H21FN4O. The van der Waals surface area contributed by atoms with E-state index in [1.807, 2.05) is 6.92 Å². The van der Waals surface area contributed by atoms with Crippen LogP contribution >= 0.6 is 0 Å². The Bertz CT molecular complexity index is 711. The third-order valence-electron chi connectivity index (χ3n) is 4.13. The molecule has 1 amide bonds. The molecule has 1 aliphatic carbocycles. The Labute approximate surface area is 140 Å². The Morgan fingerprint density at radius 3 is 2.54 bits per heavy atom. The van der Waals surface area contributed by atoms with Crippen molar-refractivity contribution < 1.29 is 9.18 Å². The van der Waals surface area contributed by atoms with E-state index in [0.717, 1.165) is 18.5 Å². The molecule has 1 aliphatic rings. The van der Waals surface area contributed by atoms with Gasteiger partial charge < -0.3 is 10.6 Å². The van der Waals surface area contributed by atoms with Crippen LogP contribution in [0.2, 0.25) is 0 Å². The van der Waals surface area contributed by atoms with Crippen molar-refractivity contribution in [2.24, 2.45) is 0 Å². The second-order valence-electron chi connectivity index (χ2n) is 6.16. The first-order valence-corrected chi connectivity index (χ1v) is 8.29. The van der Waals surface area contributed by atoms with Gasteiger partial charge in [-0.25, -0.2) is 14.4 Å². The lowest BCUT2D eigenvalue weighted by Crippen LogP contribution is -2.24. The number of carbonyl (C=O) groups is 1. The number of nitrogens with one attached hydrogen (secondary N) is 2. The summed E-state index contributed by atoms with van der Waals surface area (Å²) in [5.74, 6) is -0.185. The largest absolute Gasteiger partial charge is 0.351 e. The molecule has 0 atom stereocenters. The minimum atomic E-state index is -0.343. The molecule has 1 aromatic heterocycles. The average Bonchev–Trinajstić information content (AvgIpc) is 2.57. The molecule has 2 N–H and O–H groups in total. The molecule has 0 saturated heterocycles. The Morgan fingerprint density at radius 2 is 1.83 bits per heavy atom. The van der Waals surface area contributed by atoms with Crippen LogP contribution in [0.5, 0.6) is 0 Å². The molecule has 3 rings (SSSR count). The molecule has 0 spiro atoms. The number of amides is 1. The van der Waals surface area contributed by atoms with E-state index in [1.165, 1.54) is 43.5 Å². The van der Waals surface area contributed by atoms with Gasteiger partial charge in [-0.1, -0.05) is 19.3 Å². The maximum absolute atomic E-state index is 12.9. The van der Waals surface area contributed by atoms with Gasteiger partial charge in [0.25, 0.3) is 5.91 Å². The van der Waals surface area contributed by atoms with Gasteiger partial charge in [0.1, 0.15) is 11.5 Å². The van der Waals surface area contributed by atoms with Crippen LogP contribution in [0.15, 0.2) is 30.3 Å². The fourth-order valence-corrected chi connectivity index (χ4v) is 2.91. The standard InChI is InChI=1S/C18H21FN4O/c1-12-11-16(17(24)21-15-9-7-13(19)8-10-15)23-18(20-12)22-14-5-3-2-4-6-14/h7-11,14H,2-6H2,1H3,(H,21,24)(H,20,22,23). The lowest BCUT2D eigenvalue weighted by atomic mass is 9.96. The number of nitrogens with zero attached hydrogens (tertiary/aromatic N) is 2. The molecule has 126 valence electrons. The summed E-state index contributed by atoms with van der Waals surface area (Å²) in [7, 11) is 0. The average molecular weight is 328 g/mol. The molecular weight excluding hydrogens is 307 g/mol. The van der Waals surface area contributed by atoms with Gasteiger partial charge in [0.05, 0.1) is 0 Å². The van der Waals surface area contributed by atoms with E-state index in [-0.39, 0.29) is 11.7 Å². The monoisotopic (exact) mass is 328 g/mol. The van der Waals surface area contributed by atoms with E-state index in [1.54, 1.807) is 6.07 Å². The molecule has 6 heteroatoms. The number of hydrogen-bond donors (Lipinski definition) is 2. The van der Waals surface area contributed by atoms with Crippen LogP contribution in [0.1, 0.15) is 48.3 Å². The first-order valence-electron chi connectivity index (χ1n) is 8.29. The van der Waals surface area contributed by atoms with Crippen molar-refractivity contribution in [2.45, 2.75) is 45.1 Å². The summed E-state index contributed by atoms with van der Waals surface area (Å²) in [6.45, 7) is 1.84. The number of aryl methyl sites for hydroxylation is 1. The van der Waals surface area contributed by atoms with Crippen LogP contribution in [0, 0.1) is 12.7 Å². The number of carbonyl (C=O) groups excluding carboxylic acids is 1. The molecule has 0 aliphatic heterocycles. The van der Waals surface area contributed by atoms with Crippen molar-refractivity contribution in [2.75, 3.05) is 10.6 Å². The van der Waals surface area contributed by atoms with Gasteiger partial charge >= 0.3 is 0 Å². The van der Waals surface area contributed by atoms with E-state index in [4.69, 9.17) is 0 Å². The zero-order valence-corrected chi connectivity index (χ0v) is 13.7. The molecule has 0 unspecified atom stereocenters. The summed E-state index contributed by atoms with van der Waals surface area (Å²) in [4.78, 5) is 21.1. The molecule has 24 heavy (non-hydrogen) atoms. The fourth-order valence-electron chi connectivity index (χ4n) is 2.91. The van der Waals surface area contributed by atoms with Gasteiger partial charge in [-0.2, -0.15) is 0 Å². The quantitative estimate of drug-likeness (QED) is 0.892. The van der Waals surface area contributed by atoms with Gasteiger partial charge in [0, 0.05) is 17.4 Å². The van der Waals surface area contributed by atoms with Crippen molar-refractivity contribution in [3.63, 3.8) is 0 Å². The third kappa shape index (κ3) is 4.28. The number of hydrogen-bond acceptors (Lipinski definition) is 4. The second kappa shape index (κ2) is 7.38. The molecule has 1 heterocycles. The van der Waals surface area contributed by atoms with E-state index < -0.39 is 0 Å².